The number of fused-ring (bicyclic) bond motifs is 1. The fourth-order valence-corrected chi connectivity index (χ4v) is 2.91. The largest absolute Gasteiger partial charge is 0.304 e. The van der Waals surface area contributed by atoms with Crippen molar-refractivity contribution in [2.75, 3.05) is 4.90 Å². The molecule has 0 fully saturated rings. The van der Waals surface area contributed by atoms with Crippen molar-refractivity contribution >= 4 is 17.5 Å². The van der Waals surface area contributed by atoms with E-state index in [1.165, 1.54) is 6.20 Å². The van der Waals surface area contributed by atoms with Gasteiger partial charge in [0.15, 0.2) is 11.6 Å². The number of rotatable bonds is 1. The third kappa shape index (κ3) is 2.54. The van der Waals surface area contributed by atoms with E-state index in [2.05, 4.69) is 16.8 Å². The number of hydrogen-bond acceptors (Lipinski definition) is 2. The zero-order valence-corrected chi connectivity index (χ0v) is 13.8. The van der Waals surface area contributed by atoms with E-state index < -0.39 is 29.3 Å². The van der Waals surface area contributed by atoms with E-state index in [0.717, 1.165) is 22.6 Å². The van der Waals surface area contributed by atoms with E-state index in [-0.39, 0.29) is 11.5 Å². The lowest BCUT2D eigenvalue weighted by Gasteiger charge is -2.16. The molecule has 0 spiro atoms. The number of anilines is 2. The molecule has 0 aliphatic carbocycles. The number of carbonyl (C=O) groups excluding carboxylic acids is 1. The SMILES string of the molecule is C[C@@H]1C(=O)N(c2c(F)cc(C#Cc3ccccc3)cc2F)c2nccn21. The molecule has 4 nitrogen and oxygen atoms in total. The van der Waals surface area contributed by atoms with Gasteiger partial charge in [-0.3, -0.25) is 4.79 Å². The molecule has 0 radical (unpaired) electrons. The van der Waals surface area contributed by atoms with Gasteiger partial charge in [-0.25, -0.2) is 18.7 Å². The van der Waals surface area contributed by atoms with Gasteiger partial charge in [0, 0.05) is 23.5 Å². The third-order valence-corrected chi connectivity index (χ3v) is 4.21. The highest BCUT2D eigenvalue weighted by Gasteiger charge is 2.38. The summed E-state index contributed by atoms with van der Waals surface area (Å²) < 4.78 is 30.9. The van der Waals surface area contributed by atoms with Crippen molar-refractivity contribution in [3.05, 3.63) is 77.6 Å². The Kier molecular flexibility index (Phi) is 3.77. The summed E-state index contributed by atoms with van der Waals surface area (Å²) in [6, 6.07) is 10.8. The lowest BCUT2D eigenvalue weighted by molar-refractivity contribution is -0.119. The summed E-state index contributed by atoms with van der Waals surface area (Å²) in [7, 11) is 0. The van der Waals surface area contributed by atoms with Crippen molar-refractivity contribution in [2.24, 2.45) is 0 Å². The number of benzene rings is 2. The van der Waals surface area contributed by atoms with Crippen molar-refractivity contribution in [1.82, 2.24) is 9.55 Å². The molecule has 2 heterocycles. The van der Waals surface area contributed by atoms with Crippen LogP contribution in [-0.2, 0) is 4.79 Å². The van der Waals surface area contributed by atoms with Gasteiger partial charge in [-0.2, -0.15) is 0 Å². The second-order valence-corrected chi connectivity index (χ2v) is 5.89. The first-order valence-electron chi connectivity index (χ1n) is 7.99. The van der Waals surface area contributed by atoms with Crippen LogP contribution in [0.5, 0.6) is 0 Å². The van der Waals surface area contributed by atoms with Crippen LogP contribution < -0.4 is 4.90 Å². The molecule has 1 amide bonds. The molecule has 0 N–H and O–H groups in total. The molecule has 1 aromatic heterocycles. The molecule has 2 aromatic carbocycles. The quantitative estimate of drug-likeness (QED) is 0.627. The van der Waals surface area contributed by atoms with Gasteiger partial charge in [-0.1, -0.05) is 30.0 Å². The normalized spacial score (nSPS) is 15.6. The molecule has 1 atom stereocenters. The maximum absolute atomic E-state index is 14.7. The molecule has 0 bridgehead atoms. The molecule has 1 aliphatic heterocycles. The Labute approximate surface area is 148 Å². The van der Waals surface area contributed by atoms with E-state index in [1.54, 1.807) is 29.8 Å². The van der Waals surface area contributed by atoms with E-state index in [1.807, 2.05) is 18.2 Å². The summed E-state index contributed by atoms with van der Waals surface area (Å²) in [5.74, 6) is 3.63. The van der Waals surface area contributed by atoms with Gasteiger partial charge in [0.2, 0.25) is 5.95 Å². The van der Waals surface area contributed by atoms with Crippen molar-refractivity contribution in [3.8, 4) is 11.8 Å². The molecule has 26 heavy (non-hydrogen) atoms. The number of halogens is 2. The summed E-state index contributed by atoms with van der Waals surface area (Å²) in [5, 5.41) is 0. The van der Waals surface area contributed by atoms with Crippen LogP contribution in [0, 0.1) is 23.5 Å². The van der Waals surface area contributed by atoms with Crippen LogP contribution >= 0.6 is 0 Å². The zero-order chi connectivity index (χ0) is 18.3. The third-order valence-electron chi connectivity index (χ3n) is 4.21. The molecule has 6 heteroatoms. The van der Waals surface area contributed by atoms with Crippen LogP contribution in [0.25, 0.3) is 0 Å². The van der Waals surface area contributed by atoms with E-state index >= 15 is 0 Å². The Morgan fingerprint density at radius 2 is 1.69 bits per heavy atom. The van der Waals surface area contributed by atoms with Crippen molar-refractivity contribution < 1.29 is 13.6 Å². The minimum absolute atomic E-state index is 0.190. The first kappa shape index (κ1) is 16.0. The molecule has 1 aliphatic rings. The molecule has 3 aromatic rings. The van der Waals surface area contributed by atoms with Gasteiger partial charge in [-0.05, 0) is 31.2 Å². The molecule has 4 rings (SSSR count). The predicted molar refractivity (Wildman–Crippen MR) is 92.9 cm³/mol. The summed E-state index contributed by atoms with van der Waals surface area (Å²) in [5.41, 5.74) is 0.496. The zero-order valence-electron chi connectivity index (χ0n) is 13.8. The molecule has 128 valence electrons. The number of hydrogen-bond donors (Lipinski definition) is 0. The fraction of sp³-hybridized carbons (Fsp3) is 0.100. The summed E-state index contributed by atoms with van der Waals surface area (Å²) in [4.78, 5) is 17.4. The van der Waals surface area contributed by atoms with Crippen molar-refractivity contribution in [1.29, 1.82) is 0 Å². The standard InChI is InChI=1S/C20H13F2N3O/c1-13-19(26)25(20-23-9-10-24(13)20)18-16(21)11-15(12-17(18)22)8-7-14-5-3-2-4-6-14/h2-6,9-13H,1H3/t13-/m1/s1. The summed E-state index contributed by atoms with van der Waals surface area (Å²) in [6.45, 7) is 1.66. The molecule has 0 unspecified atom stereocenters. The Balaban J connectivity index is 1.74. The first-order valence-corrected chi connectivity index (χ1v) is 7.99. The lowest BCUT2D eigenvalue weighted by Crippen LogP contribution is -2.25. The minimum Gasteiger partial charge on any atom is -0.304 e. The van der Waals surface area contributed by atoms with Crippen LogP contribution in [-0.4, -0.2) is 15.5 Å². The van der Waals surface area contributed by atoms with Crippen molar-refractivity contribution in [3.63, 3.8) is 0 Å². The summed E-state index contributed by atoms with van der Waals surface area (Å²) >= 11 is 0. The van der Waals surface area contributed by atoms with Gasteiger partial charge >= 0.3 is 0 Å². The van der Waals surface area contributed by atoms with Gasteiger partial charge in [-0.15, -0.1) is 0 Å². The predicted octanol–water partition coefficient (Wildman–Crippen LogP) is 3.80. The van der Waals surface area contributed by atoms with Crippen LogP contribution in [0.15, 0.2) is 54.9 Å². The number of nitrogens with zero attached hydrogens (tertiary/aromatic N) is 3. The molecular weight excluding hydrogens is 336 g/mol. The van der Waals surface area contributed by atoms with Gasteiger partial charge in [0.25, 0.3) is 5.91 Å². The van der Waals surface area contributed by atoms with Crippen LogP contribution in [0.4, 0.5) is 20.4 Å². The molecule has 0 saturated carbocycles. The molecular formula is C20H13F2N3O. The number of aromatic nitrogens is 2. The fourth-order valence-electron chi connectivity index (χ4n) is 2.91. The maximum atomic E-state index is 14.7. The van der Waals surface area contributed by atoms with Crippen LogP contribution in [0.2, 0.25) is 0 Å². The number of carbonyl (C=O) groups is 1. The number of imidazole rings is 1. The van der Waals surface area contributed by atoms with Crippen molar-refractivity contribution in [2.45, 2.75) is 13.0 Å². The topological polar surface area (TPSA) is 38.1 Å². The van der Waals surface area contributed by atoms with Gasteiger partial charge < -0.3 is 4.57 Å². The highest BCUT2D eigenvalue weighted by atomic mass is 19.1. The highest BCUT2D eigenvalue weighted by molar-refractivity contribution is 6.04. The summed E-state index contributed by atoms with van der Waals surface area (Å²) in [6.07, 6.45) is 3.09. The number of amides is 1. The highest BCUT2D eigenvalue weighted by Crippen LogP contribution is 2.38. The molecule has 0 saturated heterocycles. The Hall–Kier alpha value is -3.46. The van der Waals surface area contributed by atoms with E-state index in [0.29, 0.717) is 0 Å². The smallest absolute Gasteiger partial charge is 0.256 e. The second-order valence-electron chi connectivity index (χ2n) is 5.89. The average molecular weight is 349 g/mol. The first-order chi connectivity index (χ1) is 12.6. The van der Waals surface area contributed by atoms with Crippen LogP contribution in [0.1, 0.15) is 24.1 Å². The van der Waals surface area contributed by atoms with Crippen LogP contribution in [0.3, 0.4) is 0 Å². The van der Waals surface area contributed by atoms with Gasteiger partial charge in [0.1, 0.15) is 11.7 Å². The Bertz CT molecular complexity index is 1040. The average Bonchev–Trinajstić information content (AvgIpc) is 3.19. The van der Waals surface area contributed by atoms with Gasteiger partial charge in [0.05, 0.1) is 0 Å². The maximum Gasteiger partial charge on any atom is 0.256 e. The van der Waals surface area contributed by atoms with E-state index in [9.17, 15) is 13.6 Å². The lowest BCUT2D eigenvalue weighted by atomic mass is 10.1. The Morgan fingerprint density at radius 3 is 2.38 bits per heavy atom. The minimum atomic E-state index is -0.862. The monoisotopic (exact) mass is 349 g/mol. The Morgan fingerprint density at radius 1 is 1.04 bits per heavy atom. The second kappa shape index (κ2) is 6.12. The van der Waals surface area contributed by atoms with E-state index in [4.69, 9.17) is 0 Å².